The Balaban J connectivity index is 1.49. The average Bonchev–Trinajstić information content (AvgIpc) is 3.11. The molecule has 39 heavy (non-hydrogen) atoms. The van der Waals surface area contributed by atoms with Gasteiger partial charge in [-0.3, -0.25) is 29.3 Å². The van der Waals surface area contributed by atoms with E-state index >= 15 is 0 Å². The van der Waals surface area contributed by atoms with Crippen LogP contribution in [0.1, 0.15) is 50.2 Å². The molecular formula is C25H24F3N3O6S2. The fraction of sp³-hybridized carbons (Fsp3) is 0.360. The molecule has 2 amide bonds. The van der Waals surface area contributed by atoms with E-state index in [-0.39, 0.29) is 33.2 Å². The Bertz CT molecular complexity index is 1450. The summed E-state index contributed by atoms with van der Waals surface area (Å²) >= 11 is 0.829. The first-order chi connectivity index (χ1) is 18.2. The Morgan fingerprint density at radius 2 is 1.74 bits per heavy atom. The summed E-state index contributed by atoms with van der Waals surface area (Å²) in [6, 6.07) is 7.05. The van der Waals surface area contributed by atoms with Gasteiger partial charge in [0.05, 0.1) is 14.7 Å². The van der Waals surface area contributed by atoms with Gasteiger partial charge in [0.1, 0.15) is 5.56 Å². The van der Waals surface area contributed by atoms with Crippen molar-refractivity contribution in [1.82, 2.24) is 4.90 Å². The van der Waals surface area contributed by atoms with Crippen LogP contribution in [0.4, 0.5) is 29.3 Å². The number of anilines is 1. The van der Waals surface area contributed by atoms with Crippen LogP contribution in [-0.4, -0.2) is 35.9 Å². The number of thioether (sulfide) groups is 1. The SMILES string of the molecule is CC1(CN2C(=O)SC(=Cc3ccc(NS(=O)(=O)c4ccc([N+](=O)[O-])c(C(F)(F)F)c4)cc3)C2=O)CCCCC1. The number of carbonyl (C=O) groups is 2. The molecule has 2 aromatic rings. The van der Waals surface area contributed by atoms with Crippen molar-refractivity contribution >= 4 is 50.4 Å². The number of hydrogen-bond donors (Lipinski definition) is 1. The molecule has 0 aromatic heterocycles. The Labute approximate surface area is 226 Å². The summed E-state index contributed by atoms with van der Waals surface area (Å²) in [6.45, 7) is 2.44. The van der Waals surface area contributed by atoms with E-state index in [0.717, 1.165) is 43.9 Å². The maximum absolute atomic E-state index is 13.3. The number of imide groups is 1. The first kappa shape index (κ1) is 28.6. The second kappa shape index (κ2) is 10.6. The van der Waals surface area contributed by atoms with Crippen molar-refractivity contribution in [3.8, 4) is 0 Å². The highest BCUT2D eigenvalue weighted by Crippen LogP contribution is 2.41. The number of nitrogens with one attached hydrogen (secondary N) is 1. The summed E-state index contributed by atoms with van der Waals surface area (Å²) in [5, 5.41) is 10.6. The van der Waals surface area contributed by atoms with Gasteiger partial charge in [-0.2, -0.15) is 13.2 Å². The van der Waals surface area contributed by atoms with Crippen LogP contribution in [0.15, 0.2) is 52.3 Å². The molecule has 1 N–H and O–H groups in total. The maximum atomic E-state index is 13.3. The standard InChI is InChI=1S/C25H24F3N3O6S2/c1-24(11-3-2-4-12-24)15-30-22(32)21(38-23(30)33)13-16-5-7-17(8-6-16)29-39(36,37)18-9-10-20(31(34)35)19(14-18)25(26,27)28/h5-10,13-14,29H,2-4,11-12,15H2,1H3. The molecule has 1 heterocycles. The molecule has 208 valence electrons. The molecule has 1 aliphatic heterocycles. The molecule has 2 fully saturated rings. The second-order valence-electron chi connectivity index (χ2n) is 9.80. The molecule has 0 unspecified atom stereocenters. The van der Waals surface area contributed by atoms with Gasteiger partial charge in [-0.25, -0.2) is 8.42 Å². The minimum absolute atomic E-state index is 0.0115. The van der Waals surface area contributed by atoms with E-state index in [9.17, 15) is 41.3 Å². The molecule has 1 saturated carbocycles. The van der Waals surface area contributed by atoms with Gasteiger partial charge in [0.25, 0.3) is 26.9 Å². The molecule has 0 bridgehead atoms. The van der Waals surface area contributed by atoms with Gasteiger partial charge in [-0.1, -0.05) is 38.3 Å². The van der Waals surface area contributed by atoms with Crippen molar-refractivity contribution in [3.63, 3.8) is 0 Å². The van der Waals surface area contributed by atoms with Crippen molar-refractivity contribution in [2.75, 3.05) is 11.3 Å². The van der Waals surface area contributed by atoms with Crippen LogP contribution in [0.2, 0.25) is 0 Å². The lowest BCUT2D eigenvalue weighted by molar-refractivity contribution is -0.388. The molecule has 0 radical (unpaired) electrons. The quantitative estimate of drug-likeness (QED) is 0.226. The van der Waals surface area contributed by atoms with Crippen LogP contribution >= 0.6 is 11.8 Å². The number of nitrogens with zero attached hydrogens (tertiary/aromatic N) is 2. The second-order valence-corrected chi connectivity index (χ2v) is 12.5. The zero-order chi connectivity index (χ0) is 28.6. The molecule has 2 aliphatic rings. The van der Waals surface area contributed by atoms with Gasteiger partial charge in [0.2, 0.25) is 0 Å². The number of nitro groups is 1. The fourth-order valence-corrected chi connectivity index (χ4v) is 6.59. The molecule has 9 nitrogen and oxygen atoms in total. The number of benzene rings is 2. The topological polar surface area (TPSA) is 127 Å². The Morgan fingerprint density at radius 3 is 2.33 bits per heavy atom. The largest absolute Gasteiger partial charge is 0.423 e. The molecule has 4 rings (SSSR count). The summed E-state index contributed by atoms with van der Waals surface area (Å²) < 4.78 is 67.3. The summed E-state index contributed by atoms with van der Waals surface area (Å²) in [5.41, 5.74) is -2.54. The maximum Gasteiger partial charge on any atom is 0.423 e. The molecular weight excluding hydrogens is 559 g/mol. The lowest BCUT2D eigenvalue weighted by Gasteiger charge is -2.35. The molecule has 0 spiro atoms. The van der Waals surface area contributed by atoms with Crippen LogP contribution in [0.5, 0.6) is 0 Å². The number of carbonyl (C=O) groups excluding carboxylic acids is 2. The highest BCUT2D eigenvalue weighted by Gasteiger charge is 2.41. The number of halogens is 3. The third-order valence-corrected chi connectivity index (χ3v) is 9.00. The van der Waals surface area contributed by atoms with Crippen LogP contribution in [0.25, 0.3) is 6.08 Å². The van der Waals surface area contributed by atoms with Crippen molar-refractivity contribution in [1.29, 1.82) is 0 Å². The highest BCUT2D eigenvalue weighted by molar-refractivity contribution is 8.18. The van der Waals surface area contributed by atoms with E-state index in [2.05, 4.69) is 11.6 Å². The lowest BCUT2D eigenvalue weighted by atomic mass is 9.75. The third-order valence-electron chi connectivity index (χ3n) is 6.72. The van der Waals surface area contributed by atoms with Gasteiger partial charge in [-0.15, -0.1) is 0 Å². The minimum atomic E-state index is -5.14. The summed E-state index contributed by atoms with van der Waals surface area (Å²) in [5.74, 6) is -0.389. The molecule has 14 heteroatoms. The van der Waals surface area contributed by atoms with Gasteiger partial charge < -0.3 is 0 Å². The Morgan fingerprint density at radius 1 is 1.10 bits per heavy atom. The van der Waals surface area contributed by atoms with E-state index in [4.69, 9.17) is 0 Å². The van der Waals surface area contributed by atoms with Crippen LogP contribution < -0.4 is 4.72 Å². The van der Waals surface area contributed by atoms with Crippen LogP contribution in [0.3, 0.4) is 0 Å². The van der Waals surface area contributed by atoms with E-state index in [1.807, 2.05) is 0 Å². The first-order valence-corrected chi connectivity index (χ1v) is 14.2. The van der Waals surface area contributed by atoms with Gasteiger partial charge >= 0.3 is 6.18 Å². The number of hydrogen-bond acceptors (Lipinski definition) is 7. The van der Waals surface area contributed by atoms with Crippen molar-refractivity contribution in [2.45, 2.75) is 50.1 Å². The van der Waals surface area contributed by atoms with Gasteiger partial charge in [0.15, 0.2) is 0 Å². The van der Waals surface area contributed by atoms with E-state index in [1.54, 1.807) is 0 Å². The Kier molecular flexibility index (Phi) is 7.81. The van der Waals surface area contributed by atoms with E-state index in [0.29, 0.717) is 24.2 Å². The Hall–Kier alpha value is -3.39. The van der Waals surface area contributed by atoms with E-state index in [1.165, 1.54) is 35.2 Å². The minimum Gasteiger partial charge on any atom is -0.280 e. The zero-order valence-electron chi connectivity index (χ0n) is 20.7. The lowest BCUT2D eigenvalue weighted by Crippen LogP contribution is -2.39. The fourth-order valence-electron chi connectivity index (χ4n) is 4.66. The van der Waals surface area contributed by atoms with Crippen molar-refractivity contribution in [3.05, 3.63) is 68.6 Å². The number of rotatable bonds is 7. The monoisotopic (exact) mass is 583 g/mol. The van der Waals surface area contributed by atoms with Crippen LogP contribution in [0, 0.1) is 15.5 Å². The van der Waals surface area contributed by atoms with Crippen molar-refractivity contribution in [2.24, 2.45) is 5.41 Å². The number of sulfonamides is 1. The van der Waals surface area contributed by atoms with Gasteiger partial charge in [-0.05, 0) is 65.9 Å². The summed E-state index contributed by atoms with van der Waals surface area (Å²) in [7, 11) is -4.51. The van der Waals surface area contributed by atoms with E-state index < -0.39 is 37.3 Å². The molecule has 2 aromatic carbocycles. The normalized spacial score (nSPS) is 19.0. The third kappa shape index (κ3) is 6.44. The number of nitro benzene ring substituents is 1. The molecule has 1 saturated heterocycles. The van der Waals surface area contributed by atoms with Crippen molar-refractivity contribution < 1.29 is 36.1 Å². The van der Waals surface area contributed by atoms with Crippen LogP contribution in [-0.2, 0) is 21.0 Å². The molecule has 1 aliphatic carbocycles. The smallest absolute Gasteiger partial charge is 0.280 e. The zero-order valence-corrected chi connectivity index (χ0v) is 22.3. The first-order valence-electron chi connectivity index (χ1n) is 11.9. The number of amides is 2. The average molecular weight is 584 g/mol. The number of alkyl halides is 3. The summed E-state index contributed by atoms with van der Waals surface area (Å²) in [4.78, 5) is 35.8. The predicted octanol–water partition coefficient (Wildman–Crippen LogP) is 6.42. The summed E-state index contributed by atoms with van der Waals surface area (Å²) in [6.07, 6.45) is 1.54. The van der Waals surface area contributed by atoms with Gasteiger partial charge in [0, 0.05) is 18.3 Å². The predicted molar refractivity (Wildman–Crippen MR) is 139 cm³/mol. The highest BCUT2D eigenvalue weighted by atomic mass is 32.2. The molecule has 0 atom stereocenters.